The van der Waals surface area contributed by atoms with Crippen LogP contribution in [0, 0.1) is 0 Å². The minimum absolute atomic E-state index is 0.572. The first-order valence-corrected chi connectivity index (χ1v) is 6.39. The summed E-state index contributed by atoms with van der Waals surface area (Å²) in [6.07, 6.45) is 2.43. The molecular formula is C13H18N2O2S. The fourth-order valence-electron chi connectivity index (χ4n) is 1.64. The third-order valence-corrected chi connectivity index (χ3v) is 3.11. The summed E-state index contributed by atoms with van der Waals surface area (Å²) in [6, 6.07) is 6.33. The third kappa shape index (κ3) is 3.50. The molecule has 0 atom stereocenters. The molecule has 2 N–H and O–H groups in total. The van der Waals surface area contributed by atoms with E-state index in [1.165, 1.54) is 12.8 Å². The Morgan fingerprint density at radius 3 is 2.72 bits per heavy atom. The van der Waals surface area contributed by atoms with Gasteiger partial charge in [0.05, 0.1) is 14.2 Å². The van der Waals surface area contributed by atoms with Crippen molar-refractivity contribution < 1.29 is 9.47 Å². The first kappa shape index (κ1) is 13.0. The Labute approximate surface area is 113 Å². The molecule has 0 spiro atoms. The Bertz CT molecular complexity index is 433. The highest BCUT2D eigenvalue weighted by molar-refractivity contribution is 7.80. The molecule has 0 saturated heterocycles. The summed E-state index contributed by atoms with van der Waals surface area (Å²) in [5, 5.41) is 7.12. The maximum atomic E-state index is 5.33. The minimum Gasteiger partial charge on any atom is -0.497 e. The van der Waals surface area contributed by atoms with Crippen molar-refractivity contribution in [1.82, 2.24) is 10.6 Å². The van der Waals surface area contributed by atoms with Crippen molar-refractivity contribution in [2.45, 2.75) is 25.4 Å². The van der Waals surface area contributed by atoms with Crippen molar-refractivity contribution in [1.29, 1.82) is 0 Å². The molecule has 0 radical (unpaired) electrons. The average Bonchev–Trinajstić information content (AvgIpc) is 3.20. The maximum absolute atomic E-state index is 5.33. The lowest BCUT2D eigenvalue weighted by molar-refractivity contribution is 0.390. The van der Waals surface area contributed by atoms with Gasteiger partial charge in [-0.2, -0.15) is 0 Å². The zero-order chi connectivity index (χ0) is 13.0. The van der Waals surface area contributed by atoms with E-state index in [-0.39, 0.29) is 0 Å². The molecule has 18 heavy (non-hydrogen) atoms. The van der Waals surface area contributed by atoms with E-state index in [1.54, 1.807) is 14.2 Å². The zero-order valence-electron chi connectivity index (χ0n) is 10.7. The van der Waals surface area contributed by atoms with Gasteiger partial charge in [-0.05, 0) is 37.2 Å². The smallest absolute Gasteiger partial charge is 0.166 e. The number of benzene rings is 1. The van der Waals surface area contributed by atoms with Crippen LogP contribution in [0.2, 0.25) is 0 Å². The van der Waals surface area contributed by atoms with Crippen LogP contribution in [0.25, 0.3) is 0 Å². The molecule has 1 fully saturated rings. The Morgan fingerprint density at radius 1 is 1.33 bits per heavy atom. The number of hydrogen-bond donors (Lipinski definition) is 2. The van der Waals surface area contributed by atoms with Gasteiger partial charge in [0.15, 0.2) is 5.11 Å². The van der Waals surface area contributed by atoms with Crippen molar-refractivity contribution in [3.05, 3.63) is 23.8 Å². The second-order valence-corrected chi connectivity index (χ2v) is 4.69. The monoisotopic (exact) mass is 266 g/mol. The van der Waals surface area contributed by atoms with Gasteiger partial charge in [-0.3, -0.25) is 0 Å². The third-order valence-electron chi connectivity index (χ3n) is 2.85. The highest BCUT2D eigenvalue weighted by Gasteiger charge is 2.21. The highest BCUT2D eigenvalue weighted by Crippen LogP contribution is 2.24. The number of thiocarbonyl (C=S) groups is 1. The second kappa shape index (κ2) is 5.91. The van der Waals surface area contributed by atoms with Gasteiger partial charge in [0.25, 0.3) is 0 Å². The summed E-state index contributed by atoms with van der Waals surface area (Å²) in [5.41, 5.74) is 1.05. The lowest BCUT2D eigenvalue weighted by Crippen LogP contribution is -2.36. The molecule has 0 bridgehead atoms. The van der Waals surface area contributed by atoms with Gasteiger partial charge in [0.1, 0.15) is 11.5 Å². The van der Waals surface area contributed by atoms with Crippen molar-refractivity contribution in [2.75, 3.05) is 14.2 Å². The van der Waals surface area contributed by atoms with E-state index in [0.717, 1.165) is 17.1 Å². The number of nitrogens with one attached hydrogen (secondary N) is 2. The molecule has 1 saturated carbocycles. The average molecular weight is 266 g/mol. The Morgan fingerprint density at radius 2 is 2.11 bits per heavy atom. The van der Waals surface area contributed by atoms with E-state index in [9.17, 15) is 0 Å². The van der Waals surface area contributed by atoms with Crippen molar-refractivity contribution in [3.63, 3.8) is 0 Å². The van der Waals surface area contributed by atoms with E-state index in [2.05, 4.69) is 10.6 Å². The van der Waals surface area contributed by atoms with Crippen LogP contribution >= 0.6 is 12.2 Å². The number of hydrogen-bond acceptors (Lipinski definition) is 3. The van der Waals surface area contributed by atoms with E-state index in [1.807, 2.05) is 18.2 Å². The predicted molar refractivity (Wildman–Crippen MR) is 75.1 cm³/mol. The lowest BCUT2D eigenvalue weighted by Gasteiger charge is -2.13. The molecular weight excluding hydrogens is 248 g/mol. The van der Waals surface area contributed by atoms with Crippen LogP contribution < -0.4 is 20.1 Å². The quantitative estimate of drug-likeness (QED) is 0.796. The maximum Gasteiger partial charge on any atom is 0.166 e. The summed E-state index contributed by atoms with van der Waals surface area (Å²) in [6.45, 7) is 0.645. The first-order chi connectivity index (χ1) is 8.72. The predicted octanol–water partition coefficient (Wildman–Crippen LogP) is 1.83. The molecule has 1 aliphatic rings. The Hall–Kier alpha value is -1.49. The van der Waals surface area contributed by atoms with Crippen molar-refractivity contribution >= 4 is 17.3 Å². The molecule has 0 unspecified atom stereocenters. The zero-order valence-corrected chi connectivity index (χ0v) is 11.5. The normalized spacial score (nSPS) is 13.9. The second-order valence-electron chi connectivity index (χ2n) is 4.28. The van der Waals surface area contributed by atoms with Crippen LogP contribution in [-0.2, 0) is 6.54 Å². The van der Waals surface area contributed by atoms with Crippen molar-refractivity contribution in [3.8, 4) is 11.5 Å². The minimum atomic E-state index is 0.572. The molecule has 0 aromatic heterocycles. The molecule has 1 aliphatic carbocycles. The van der Waals surface area contributed by atoms with Gasteiger partial charge in [-0.15, -0.1) is 0 Å². The summed E-state index contributed by atoms with van der Waals surface area (Å²) >= 11 is 5.21. The van der Waals surface area contributed by atoms with Gasteiger partial charge >= 0.3 is 0 Å². The largest absolute Gasteiger partial charge is 0.497 e. The van der Waals surface area contributed by atoms with Gasteiger partial charge in [0, 0.05) is 24.2 Å². The van der Waals surface area contributed by atoms with Gasteiger partial charge in [-0.25, -0.2) is 0 Å². The molecule has 4 nitrogen and oxygen atoms in total. The number of methoxy groups -OCH3 is 2. The molecule has 5 heteroatoms. The molecule has 1 aromatic carbocycles. The summed E-state index contributed by atoms with van der Waals surface area (Å²) in [4.78, 5) is 0. The molecule has 98 valence electrons. The lowest BCUT2D eigenvalue weighted by atomic mass is 10.2. The standard InChI is InChI=1S/C13H18N2O2S/c1-16-11-6-3-9(12(7-11)17-2)8-14-13(18)15-10-4-5-10/h3,6-7,10H,4-5,8H2,1-2H3,(H2,14,15,18). The van der Waals surface area contributed by atoms with Gasteiger partial charge in [0.2, 0.25) is 0 Å². The van der Waals surface area contributed by atoms with E-state index in [4.69, 9.17) is 21.7 Å². The molecule has 0 amide bonds. The van der Waals surface area contributed by atoms with E-state index < -0.39 is 0 Å². The highest BCUT2D eigenvalue weighted by atomic mass is 32.1. The fourth-order valence-corrected chi connectivity index (χ4v) is 1.88. The Kier molecular flexibility index (Phi) is 4.25. The van der Waals surface area contributed by atoms with Gasteiger partial charge in [-0.1, -0.05) is 0 Å². The topological polar surface area (TPSA) is 42.5 Å². The van der Waals surface area contributed by atoms with Crippen LogP contribution in [0.1, 0.15) is 18.4 Å². The molecule has 0 heterocycles. The van der Waals surface area contributed by atoms with Crippen LogP contribution in [0.4, 0.5) is 0 Å². The van der Waals surface area contributed by atoms with Crippen LogP contribution in [0.3, 0.4) is 0 Å². The fraction of sp³-hybridized carbons (Fsp3) is 0.462. The number of rotatable bonds is 5. The van der Waals surface area contributed by atoms with Crippen LogP contribution in [0.5, 0.6) is 11.5 Å². The number of ether oxygens (including phenoxy) is 2. The Balaban J connectivity index is 1.92. The summed E-state index contributed by atoms with van der Waals surface area (Å²) in [5.74, 6) is 1.59. The summed E-state index contributed by atoms with van der Waals surface area (Å²) < 4.78 is 10.5. The van der Waals surface area contributed by atoms with Crippen LogP contribution in [0.15, 0.2) is 18.2 Å². The van der Waals surface area contributed by atoms with Crippen LogP contribution in [-0.4, -0.2) is 25.4 Å². The van der Waals surface area contributed by atoms with E-state index in [0.29, 0.717) is 17.7 Å². The van der Waals surface area contributed by atoms with E-state index >= 15 is 0 Å². The SMILES string of the molecule is COc1ccc(CNC(=S)NC2CC2)c(OC)c1. The molecule has 2 rings (SSSR count). The van der Waals surface area contributed by atoms with Gasteiger partial charge < -0.3 is 20.1 Å². The first-order valence-electron chi connectivity index (χ1n) is 5.98. The summed E-state index contributed by atoms with van der Waals surface area (Å²) in [7, 11) is 3.29. The van der Waals surface area contributed by atoms with Crippen molar-refractivity contribution in [2.24, 2.45) is 0 Å². The molecule has 1 aromatic rings. The molecule has 0 aliphatic heterocycles.